The highest BCUT2D eigenvalue weighted by Crippen LogP contribution is 2.23. The van der Waals surface area contributed by atoms with Crippen molar-refractivity contribution in [2.24, 2.45) is 0 Å². The summed E-state index contributed by atoms with van der Waals surface area (Å²) in [6, 6.07) is 12.7. The molecular weight excluding hydrogens is 454 g/mol. The summed E-state index contributed by atoms with van der Waals surface area (Å²) in [4.78, 5) is 17.6. The van der Waals surface area contributed by atoms with Crippen molar-refractivity contribution in [1.29, 1.82) is 5.41 Å². The third kappa shape index (κ3) is 6.43. The van der Waals surface area contributed by atoms with Gasteiger partial charge in [-0.1, -0.05) is 0 Å². The lowest BCUT2D eigenvalue weighted by Gasteiger charge is -2.40. The minimum absolute atomic E-state index is 0.174. The number of hydrogen-bond acceptors (Lipinski definition) is 7. The van der Waals surface area contributed by atoms with Crippen molar-refractivity contribution in [3.05, 3.63) is 59.2 Å². The first-order valence-corrected chi connectivity index (χ1v) is 12.8. The molecule has 2 heterocycles. The maximum atomic E-state index is 13.0. The number of benzene rings is 2. The highest BCUT2D eigenvalue weighted by molar-refractivity contribution is 6.14. The molecule has 0 bridgehead atoms. The van der Waals surface area contributed by atoms with Gasteiger partial charge in [0.1, 0.15) is 11.9 Å². The van der Waals surface area contributed by atoms with Crippen LogP contribution in [-0.4, -0.2) is 86.0 Å². The summed E-state index contributed by atoms with van der Waals surface area (Å²) < 4.78 is 11.6. The Morgan fingerprint density at radius 3 is 2.39 bits per heavy atom. The molecule has 1 amide bonds. The van der Waals surface area contributed by atoms with Gasteiger partial charge in [0.25, 0.3) is 5.91 Å². The smallest absolute Gasteiger partial charge is 0.251 e. The monoisotopic (exact) mass is 493 g/mol. The number of morpholine rings is 1. The summed E-state index contributed by atoms with van der Waals surface area (Å²) in [5, 5.41) is 11.8. The zero-order valence-electron chi connectivity index (χ0n) is 21.7. The van der Waals surface area contributed by atoms with E-state index in [0.717, 1.165) is 50.3 Å². The largest absolute Gasteiger partial charge is 0.490 e. The van der Waals surface area contributed by atoms with E-state index in [2.05, 4.69) is 36.0 Å². The van der Waals surface area contributed by atoms with E-state index in [9.17, 15) is 4.79 Å². The maximum absolute atomic E-state index is 13.0. The predicted octanol–water partition coefficient (Wildman–Crippen LogP) is 3.00. The Morgan fingerprint density at radius 1 is 1.08 bits per heavy atom. The number of ether oxygens (including phenoxy) is 2. The van der Waals surface area contributed by atoms with E-state index in [1.54, 1.807) is 18.2 Å². The van der Waals surface area contributed by atoms with Crippen LogP contribution < -0.4 is 15.8 Å². The van der Waals surface area contributed by atoms with Crippen LogP contribution in [0.5, 0.6) is 5.75 Å². The standard InChI is InChI=1S/C28H39N5O3/c1-28(2,33-14-16-35-17-15-33)19-31-27(34)21-6-9-25(29)24(18-21)26(30)20-4-7-22(8-5-20)36-23-10-12-32(3)13-11-23/h4-9,18,23,30H,10-17,19,29H2,1-3H3,(H,31,34). The van der Waals surface area contributed by atoms with E-state index in [1.807, 2.05) is 24.3 Å². The van der Waals surface area contributed by atoms with Crippen LogP contribution in [0.15, 0.2) is 42.5 Å². The number of piperidine rings is 1. The molecule has 0 spiro atoms. The summed E-state index contributed by atoms with van der Waals surface area (Å²) in [6.45, 7) is 10.00. The Kier molecular flexibility index (Phi) is 8.28. The number of nitrogen functional groups attached to an aromatic ring is 1. The number of nitrogens with two attached hydrogens (primary N) is 1. The molecule has 0 atom stereocenters. The highest BCUT2D eigenvalue weighted by atomic mass is 16.5. The van der Waals surface area contributed by atoms with Crippen LogP contribution in [0.4, 0.5) is 5.69 Å². The molecule has 2 fully saturated rings. The van der Waals surface area contributed by atoms with E-state index in [0.29, 0.717) is 36.6 Å². The number of likely N-dealkylation sites (tertiary alicyclic amines) is 1. The van der Waals surface area contributed by atoms with Gasteiger partial charge in [0, 0.05) is 60.6 Å². The molecule has 36 heavy (non-hydrogen) atoms. The third-order valence-corrected chi connectivity index (χ3v) is 7.24. The van der Waals surface area contributed by atoms with Gasteiger partial charge in [0.05, 0.1) is 18.9 Å². The van der Waals surface area contributed by atoms with E-state index in [-0.39, 0.29) is 23.3 Å². The number of carbonyl (C=O) groups is 1. The second kappa shape index (κ2) is 11.4. The molecule has 0 radical (unpaired) electrons. The summed E-state index contributed by atoms with van der Waals surface area (Å²) in [6.07, 6.45) is 2.26. The van der Waals surface area contributed by atoms with Gasteiger partial charge < -0.3 is 25.4 Å². The van der Waals surface area contributed by atoms with Gasteiger partial charge in [-0.3, -0.25) is 15.1 Å². The maximum Gasteiger partial charge on any atom is 0.251 e. The van der Waals surface area contributed by atoms with Crippen molar-refractivity contribution < 1.29 is 14.3 Å². The molecule has 0 aromatic heterocycles. The summed E-state index contributed by atoms with van der Waals surface area (Å²) in [5.74, 6) is 0.636. The molecule has 2 aliphatic heterocycles. The number of anilines is 1. The van der Waals surface area contributed by atoms with Gasteiger partial charge in [0.15, 0.2) is 0 Å². The van der Waals surface area contributed by atoms with Crippen LogP contribution in [0.3, 0.4) is 0 Å². The van der Waals surface area contributed by atoms with Gasteiger partial charge in [-0.15, -0.1) is 0 Å². The first kappa shape index (κ1) is 26.1. The fourth-order valence-electron chi connectivity index (χ4n) is 4.74. The normalized spacial score (nSPS) is 18.1. The average molecular weight is 494 g/mol. The molecular formula is C28H39N5O3. The van der Waals surface area contributed by atoms with E-state index >= 15 is 0 Å². The first-order valence-electron chi connectivity index (χ1n) is 12.8. The number of nitrogens with one attached hydrogen (secondary N) is 2. The lowest BCUT2D eigenvalue weighted by atomic mass is 9.98. The quantitative estimate of drug-likeness (QED) is 0.386. The molecule has 2 aromatic carbocycles. The SMILES string of the molecule is CN1CCC(Oc2ccc(C(=N)c3cc(C(=O)NCC(C)(C)N4CCOCC4)ccc3N)cc2)CC1. The molecule has 2 saturated heterocycles. The summed E-state index contributed by atoms with van der Waals surface area (Å²) in [5.41, 5.74) is 8.54. The van der Waals surface area contributed by atoms with Gasteiger partial charge in [-0.05, 0) is 76.2 Å². The van der Waals surface area contributed by atoms with Gasteiger partial charge in [-0.25, -0.2) is 0 Å². The van der Waals surface area contributed by atoms with E-state index in [1.165, 1.54) is 0 Å². The van der Waals surface area contributed by atoms with Gasteiger partial charge in [-0.2, -0.15) is 0 Å². The topological polar surface area (TPSA) is 104 Å². The van der Waals surface area contributed by atoms with Crippen LogP contribution in [-0.2, 0) is 4.74 Å². The van der Waals surface area contributed by atoms with Crippen molar-refractivity contribution in [1.82, 2.24) is 15.1 Å². The minimum Gasteiger partial charge on any atom is -0.490 e. The van der Waals surface area contributed by atoms with Crippen molar-refractivity contribution in [2.45, 2.75) is 38.3 Å². The Balaban J connectivity index is 1.39. The number of rotatable bonds is 8. The number of amides is 1. The van der Waals surface area contributed by atoms with Crippen LogP contribution in [0.1, 0.15) is 48.2 Å². The Morgan fingerprint density at radius 2 is 1.72 bits per heavy atom. The first-order chi connectivity index (χ1) is 17.2. The van der Waals surface area contributed by atoms with Crippen LogP contribution in [0.2, 0.25) is 0 Å². The summed E-state index contributed by atoms with van der Waals surface area (Å²) in [7, 11) is 2.13. The molecule has 0 unspecified atom stereocenters. The lowest BCUT2D eigenvalue weighted by Crippen LogP contribution is -2.55. The predicted molar refractivity (Wildman–Crippen MR) is 143 cm³/mol. The van der Waals surface area contributed by atoms with Crippen molar-refractivity contribution in [2.75, 3.05) is 58.7 Å². The number of carbonyl (C=O) groups excluding carboxylic acids is 1. The van der Waals surface area contributed by atoms with Crippen LogP contribution >= 0.6 is 0 Å². The molecule has 4 rings (SSSR count). The zero-order chi connectivity index (χ0) is 25.7. The zero-order valence-corrected chi connectivity index (χ0v) is 21.7. The van der Waals surface area contributed by atoms with Crippen molar-refractivity contribution in [3.8, 4) is 5.75 Å². The number of hydrogen-bond donors (Lipinski definition) is 3. The molecule has 0 saturated carbocycles. The Bertz CT molecular complexity index is 1060. The molecule has 8 heteroatoms. The van der Waals surface area contributed by atoms with E-state index in [4.69, 9.17) is 20.6 Å². The molecule has 4 N–H and O–H groups in total. The second-order valence-electron chi connectivity index (χ2n) is 10.4. The fourth-order valence-corrected chi connectivity index (χ4v) is 4.74. The third-order valence-electron chi connectivity index (χ3n) is 7.24. The second-order valence-corrected chi connectivity index (χ2v) is 10.4. The van der Waals surface area contributed by atoms with Gasteiger partial charge in [0.2, 0.25) is 0 Å². The van der Waals surface area contributed by atoms with Crippen molar-refractivity contribution in [3.63, 3.8) is 0 Å². The highest BCUT2D eigenvalue weighted by Gasteiger charge is 2.29. The number of nitrogens with zero attached hydrogens (tertiary/aromatic N) is 2. The average Bonchev–Trinajstić information content (AvgIpc) is 2.89. The lowest BCUT2D eigenvalue weighted by molar-refractivity contribution is -0.00923. The minimum atomic E-state index is -0.180. The molecule has 0 aliphatic carbocycles. The fraction of sp³-hybridized carbons (Fsp3) is 0.500. The van der Waals surface area contributed by atoms with Crippen LogP contribution in [0, 0.1) is 5.41 Å². The Hall–Kier alpha value is -2.94. The molecule has 2 aliphatic rings. The molecule has 194 valence electrons. The van der Waals surface area contributed by atoms with Crippen molar-refractivity contribution >= 4 is 17.3 Å². The van der Waals surface area contributed by atoms with E-state index < -0.39 is 0 Å². The van der Waals surface area contributed by atoms with Gasteiger partial charge >= 0.3 is 0 Å². The summed E-state index contributed by atoms with van der Waals surface area (Å²) >= 11 is 0. The Labute approximate surface area is 214 Å². The molecule has 8 nitrogen and oxygen atoms in total. The van der Waals surface area contributed by atoms with Crippen LogP contribution in [0.25, 0.3) is 0 Å². The molecule has 2 aromatic rings.